The van der Waals surface area contributed by atoms with E-state index in [4.69, 9.17) is 4.74 Å². The van der Waals surface area contributed by atoms with Crippen LogP contribution >= 0.6 is 0 Å². The molecule has 7 heteroatoms. The fourth-order valence-corrected chi connectivity index (χ4v) is 4.66. The number of hydrogen-bond donors (Lipinski definition) is 2. The Bertz CT molecular complexity index is 1170. The topological polar surface area (TPSA) is 87.7 Å². The van der Waals surface area contributed by atoms with Gasteiger partial charge in [0.25, 0.3) is 5.91 Å². The number of aryl methyl sites for hydroxylation is 1. The van der Waals surface area contributed by atoms with Gasteiger partial charge in [-0.2, -0.15) is 0 Å². The minimum atomic E-state index is -0.918. The van der Waals surface area contributed by atoms with Crippen LogP contribution in [0, 0.1) is 12.8 Å². The molecule has 0 bridgehead atoms. The van der Waals surface area contributed by atoms with Crippen molar-refractivity contribution in [2.24, 2.45) is 5.92 Å². The van der Waals surface area contributed by atoms with E-state index in [9.17, 15) is 14.4 Å². The number of anilines is 1. The van der Waals surface area contributed by atoms with Gasteiger partial charge in [0.05, 0.1) is 0 Å². The highest BCUT2D eigenvalue weighted by atomic mass is 16.6. The molecular weight excluding hydrogens is 514 g/mol. The molecule has 0 aliphatic heterocycles. The number of nitrogens with zero attached hydrogens (tertiary/aromatic N) is 1. The van der Waals surface area contributed by atoms with E-state index in [-0.39, 0.29) is 17.7 Å². The third-order valence-electron chi connectivity index (χ3n) is 6.66. The first kappa shape index (κ1) is 33.6. The maximum atomic E-state index is 14.4. The number of carbonyl (C=O) groups is 3. The lowest BCUT2D eigenvalue weighted by Crippen LogP contribution is -2.53. The Kier molecular flexibility index (Phi) is 13.1. The van der Waals surface area contributed by atoms with Crippen LogP contribution < -0.4 is 10.6 Å². The van der Waals surface area contributed by atoms with E-state index in [1.807, 2.05) is 69.3 Å². The van der Waals surface area contributed by atoms with E-state index in [1.54, 1.807) is 31.7 Å². The molecule has 2 aromatic rings. The molecule has 2 aromatic carbocycles. The molecule has 0 aliphatic rings. The number of rotatable bonds is 14. The number of alkyl carbamates (subject to hydrolysis) is 1. The Balaban J connectivity index is 2.58. The van der Waals surface area contributed by atoms with E-state index in [1.165, 1.54) is 0 Å². The molecule has 7 nitrogen and oxygen atoms in total. The lowest BCUT2D eigenvalue weighted by molar-refractivity contribution is -0.141. The summed E-state index contributed by atoms with van der Waals surface area (Å²) in [4.78, 5) is 43.0. The third-order valence-corrected chi connectivity index (χ3v) is 6.66. The van der Waals surface area contributed by atoms with Gasteiger partial charge in [0, 0.05) is 12.2 Å². The first-order chi connectivity index (χ1) is 19.4. The predicted octanol–water partition coefficient (Wildman–Crippen LogP) is 7.67. The van der Waals surface area contributed by atoms with Gasteiger partial charge in [-0.15, -0.1) is 0 Å². The molecule has 0 heterocycles. The maximum Gasteiger partial charge on any atom is 0.408 e. The highest BCUT2D eigenvalue weighted by Crippen LogP contribution is 2.28. The lowest BCUT2D eigenvalue weighted by Gasteiger charge is -2.35. The number of hydrogen-bond acceptors (Lipinski definition) is 4. The van der Waals surface area contributed by atoms with E-state index < -0.39 is 23.8 Å². The summed E-state index contributed by atoms with van der Waals surface area (Å²) < 4.78 is 5.50. The Hall–Kier alpha value is -3.61. The molecule has 224 valence electrons. The second kappa shape index (κ2) is 16.0. The van der Waals surface area contributed by atoms with Gasteiger partial charge in [-0.3, -0.25) is 9.59 Å². The van der Waals surface area contributed by atoms with Crippen molar-refractivity contribution in [3.8, 4) is 0 Å². The molecule has 0 fully saturated rings. The molecule has 2 unspecified atom stereocenters. The number of nitrogens with one attached hydrogen (secondary N) is 2. The Morgan fingerprint density at radius 3 is 2.34 bits per heavy atom. The van der Waals surface area contributed by atoms with Crippen LogP contribution in [0.5, 0.6) is 0 Å². The van der Waals surface area contributed by atoms with Crippen molar-refractivity contribution in [3.63, 3.8) is 0 Å². The summed E-state index contributed by atoms with van der Waals surface area (Å²) in [7, 11) is 0. The summed E-state index contributed by atoms with van der Waals surface area (Å²) >= 11 is 0. The quantitative estimate of drug-likeness (QED) is 0.231. The predicted molar refractivity (Wildman–Crippen MR) is 168 cm³/mol. The van der Waals surface area contributed by atoms with Crippen LogP contribution in [0.15, 0.2) is 55.1 Å². The first-order valence-electron chi connectivity index (χ1n) is 14.7. The number of benzene rings is 2. The summed E-state index contributed by atoms with van der Waals surface area (Å²) in [6.45, 7) is 17.7. The highest BCUT2D eigenvalue weighted by Gasteiger charge is 2.36. The molecular formula is C34H49N3O4. The fraction of sp³-hybridized carbons (Fsp3) is 0.500. The van der Waals surface area contributed by atoms with Crippen LogP contribution in [0.3, 0.4) is 0 Å². The third kappa shape index (κ3) is 11.1. The second-order valence-corrected chi connectivity index (χ2v) is 12.0. The van der Waals surface area contributed by atoms with Crippen LogP contribution in [0.1, 0.15) is 96.4 Å². The monoisotopic (exact) mass is 563 g/mol. The second-order valence-electron chi connectivity index (χ2n) is 12.0. The van der Waals surface area contributed by atoms with Gasteiger partial charge in [-0.1, -0.05) is 89.1 Å². The summed E-state index contributed by atoms with van der Waals surface area (Å²) in [6.07, 6.45) is 5.20. The molecule has 0 spiro atoms. The van der Waals surface area contributed by atoms with Crippen molar-refractivity contribution in [2.75, 3.05) is 11.9 Å². The van der Waals surface area contributed by atoms with Crippen LogP contribution in [-0.4, -0.2) is 41.0 Å². The summed E-state index contributed by atoms with van der Waals surface area (Å²) in [6, 6.07) is 13.3. The van der Waals surface area contributed by atoms with Gasteiger partial charge in [0.2, 0.25) is 5.91 Å². The number of amides is 3. The number of para-hydroxylation sites is 1. The standard InChI is InChI=1S/C34H49N3O4/c1-9-11-12-15-21-37(32(39)29(22-24(3)4)36-33(40)41-34(6,7)8)30(27-19-16-18-26(10-2)23-27)31(38)35-28-20-14-13-17-25(28)5/h10,13-14,16-20,23-24,29-30H,2,9,11-12,15,21-22H2,1,3-8H3,(H,35,38)(H,36,40). The molecule has 0 aliphatic carbocycles. The van der Waals surface area contributed by atoms with Gasteiger partial charge in [0.15, 0.2) is 0 Å². The molecule has 0 saturated heterocycles. The zero-order chi connectivity index (χ0) is 30.6. The van der Waals surface area contributed by atoms with Gasteiger partial charge in [-0.05, 0) is 75.3 Å². The van der Waals surface area contributed by atoms with E-state index in [2.05, 4.69) is 24.1 Å². The minimum Gasteiger partial charge on any atom is -0.444 e. The summed E-state index contributed by atoms with van der Waals surface area (Å²) in [5, 5.41) is 5.88. The van der Waals surface area contributed by atoms with E-state index in [0.717, 1.165) is 36.8 Å². The SMILES string of the molecule is C=Cc1cccc(C(C(=O)Nc2ccccc2C)N(CCCCCC)C(=O)C(CC(C)C)NC(=O)OC(C)(C)C)c1. The lowest BCUT2D eigenvalue weighted by atomic mass is 9.97. The summed E-state index contributed by atoms with van der Waals surface area (Å²) in [5.41, 5.74) is 2.42. The number of ether oxygens (including phenoxy) is 1. The molecule has 0 aromatic heterocycles. The van der Waals surface area contributed by atoms with Crippen molar-refractivity contribution in [2.45, 2.75) is 98.3 Å². The van der Waals surface area contributed by atoms with Crippen LogP contribution in [0.25, 0.3) is 6.08 Å². The molecule has 0 radical (unpaired) electrons. The zero-order valence-corrected chi connectivity index (χ0v) is 26.0. The Morgan fingerprint density at radius 1 is 1.02 bits per heavy atom. The van der Waals surface area contributed by atoms with Gasteiger partial charge >= 0.3 is 6.09 Å². The van der Waals surface area contributed by atoms with Crippen molar-refractivity contribution in [3.05, 3.63) is 71.8 Å². The van der Waals surface area contributed by atoms with Crippen molar-refractivity contribution in [1.29, 1.82) is 0 Å². The van der Waals surface area contributed by atoms with Gasteiger partial charge in [-0.25, -0.2) is 4.79 Å². The Morgan fingerprint density at radius 2 is 1.73 bits per heavy atom. The Labute approximate surface area is 246 Å². The highest BCUT2D eigenvalue weighted by molar-refractivity contribution is 5.99. The molecule has 0 saturated carbocycles. The van der Waals surface area contributed by atoms with Crippen LogP contribution in [0.2, 0.25) is 0 Å². The minimum absolute atomic E-state index is 0.115. The summed E-state index contributed by atoms with van der Waals surface area (Å²) in [5.74, 6) is -0.510. The van der Waals surface area contributed by atoms with Crippen LogP contribution in [0.4, 0.5) is 10.5 Å². The number of carbonyl (C=O) groups excluding carboxylic acids is 3. The fourth-order valence-electron chi connectivity index (χ4n) is 4.66. The molecule has 2 rings (SSSR count). The smallest absolute Gasteiger partial charge is 0.408 e. The average molecular weight is 564 g/mol. The van der Waals surface area contributed by atoms with Crippen molar-refractivity contribution in [1.82, 2.24) is 10.2 Å². The van der Waals surface area contributed by atoms with Crippen molar-refractivity contribution < 1.29 is 19.1 Å². The number of unbranched alkanes of at least 4 members (excludes halogenated alkanes) is 3. The maximum absolute atomic E-state index is 14.4. The largest absolute Gasteiger partial charge is 0.444 e. The average Bonchev–Trinajstić information content (AvgIpc) is 2.89. The molecule has 2 atom stereocenters. The zero-order valence-electron chi connectivity index (χ0n) is 26.0. The van der Waals surface area contributed by atoms with Crippen molar-refractivity contribution >= 4 is 29.7 Å². The molecule has 2 N–H and O–H groups in total. The van der Waals surface area contributed by atoms with E-state index in [0.29, 0.717) is 24.2 Å². The van der Waals surface area contributed by atoms with E-state index >= 15 is 0 Å². The van der Waals surface area contributed by atoms with Gasteiger partial charge < -0.3 is 20.3 Å². The molecule has 3 amide bonds. The van der Waals surface area contributed by atoms with Crippen LogP contribution in [-0.2, 0) is 14.3 Å². The first-order valence-corrected chi connectivity index (χ1v) is 14.7. The molecule has 41 heavy (non-hydrogen) atoms. The normalized spacial score (nSPS) is 12.8. The van der Waals surface area contributed by atoms with Gasteiger partial charge in [0.1, 0.15) is 17.7 Å².